The number of rotatable bonds is 2. The molecule has 5 nitrogen and oxygen atoms in total. The van der Waals surface area contributed by atoms with E-state index in [-0.39, 0.29) is 17.9 Å². The van der Waals surface area contributed by atoms with E-state index >= 15 is 0 Å². The van der Waals surface area contributed by atoms with E-state index in [1.165, 1.54) is 5.56 Å². The number of fused-ring (bicyclic) bond motifs is 4. The van der Waals surface area contributed by atoms with Crippen molar-refractivity contribution in [2.24, 2.45) is 5.92 Å². The Morgan fingerprint density at radius 2 is 1.90 bits per heavy atom. The summed E-state index contributed by atoms with van der Waals surface area (Å²) in [6.07, 6.45) is 2.84. The monoisotopic (exact) mass is 389 g/mol. The van der Waals surface area contributed by atoms with E-state index in [1.807, 2.05) is 38.1 Å². The molecule has 0 bridgehead atoms. The zero-order valence-corrected chi connectivity index (χ0v) is 17.2. The number of amides is 2. The summed E-state index contributed by atoms with van der Waals surface area (Å²) in [5, 5.41) is 6.26. The molecule has 0 aliphatic carbocycles. The Morgan fingerprint density at radius 1 is 1.17 bits per heavy atom. The summed E-state index contributed by atoms with van der Waals surface area (Å²) < 4.78 is 0. The molecule has 0 radical (unpaired) electrons. The minimum Gasteiger partial charge on any atom is -0.325 e. The molecule has 3 atom stereocenters. The highest BCUT2D eigenvalue weighted by Crippen LogP contribution is 2.55. The molecule has 3 aliphatic rings. The Balaban J connectivity index is 1.58. The highest BCUT2D eigenvalue weighted by molar-refractivity contribution is 6.10. The molecule has 29 heavy (non-hydrogen) atoms. The van der Waals surface area contributed by atoms with E-state index in [1.54, 1.807) is 0 Å². The molecule has 2 aromatic rings. The van der Waals surface area contributed by atoms with E-state index in [0.29, 0.717) is 0 Å². The maximum atomic E-state index is 13.6. The largest absolute Gasteiger partial charge is 0.325 e. The maximum absolute atomic E-state index is 13.6. The molecule has 150 valence electrons. The molecule has 3 aliphatic heterocycles. The van der Waals surface area contributed by atoms with Crippen molar-refractivity contribution in [2.75, 3.05) is 17.2 Å². The zero-order valence-electron chi connectivity index (χ0n) is 17.2. The summed E-state index contributed by atoms with van der Waals surface area (Å²) in [6.45, 7) is 6.97. The first kappa shape index (κ1) is 18.4. The van der Waals surface area contributed by atoms with Crippen LogP contribution in [0.15, 0.2) is 36.4 Å². The van der Waals surface area contributed by atoms with Crippen LogP contribution in [0.4, 0.5) is 11.4 Å². The molecule has 2 aromatic carbocycles. The van der Waals surface area contributed by atoms with Gasteiger partial charge in [0, 0.05) is 23.0 Å². The quantitative estimate of drug-likeness (QED) is 0.819. The van der Waals surface area contributed by atoms with Crippen molar-refractivity contribution >= 4 is 23.2 Å². The minimum atomic E-state index is -0.894. The van der Waals surface area contributed by atoms with Crippen LogP contribution in [0.25, 0.3) is 0 Å². The number of carbonyl (C=O) groups excluding carboxylic acids is 2. The number of anilines is 2. The first-order valence-corrected chi connectivity index (χ1v) is 10.5. The fraction of sp³-hybridized carbons (Fsp3) is 0.417. The normalized spacial score (nSPS) is 27.8. The third-order valence-electron chi connectivity index (χ3n) is 7.02. The van der Waals surface area contributed by atoms with E-state index < -0.39 is 11.5 Å². The van der Waals surface area contributed by atoms with Crippen molar-refractivity contribution in [3.8, 4) is 0 Å². The number of carbonyl (C=O) groups is 2. The van der Waals surface area contributed by atoms with Gasteiger partial charge < -0.3 is 10.6 Å². The molecule has 0 saturated carbocycles. The molecule has 5 heteroatoms. The third kappa shape index (κ3) is 2.50. The van der Waals surface area contributed by atoms with Crippen LogP contribution in [0, 0.1) is 26.7 Å². The summed E-state index contributed by atoms with van der Waals surface area (Å²) in [4.78, 5) is 29.3. The Bertz CT molecular complexity index is 1010. The van der Waals surface area contributed by atoms with E-state index in [9.17, 15) is 9.59 Å². The highest BCUT2D eigenvalue weighted by Gasteiger charge is 2.65. The molecule has 0 aromatic heterocycles. The molecule has 5 rings (SSSR count). The predicted octanol–water partition coefficient (Wildman–Crippen LogP) is 3.88. The van der Waals surface area contributed by atoms with Crippen LogP contribution in [0.1, 0.15) is 41.5 Å². The van der Waals surface area contributed by atoms with Gasteiger partial charge in [-0.3, -0.25) is 14.5 Å². The van der Waals surface area contributed by atoms with Crippen molar-refractivity contribution in [1.29, 1.82) is 0 Å². The Hall–Kier alpha value is -2.66. The van der Waals surface area contributed by atoms with Gasteiger partial charge in [0.1, 0.15) is 5.54 Å². The molecule has 3 unspecified atom stereocenters. The van der Waals surface area contributed by atoms with Gasteiger partial charge in [-0.2, -0.15) is 0 Å². The van der Waals surface area contributed by atoms with E-state index in [4.69, 9.17) is 0 Å². The van der Waals surface area contributed by atoms with Crippen LogP contribution >= 0.6 is 0 Å². The summed E-state index contributed by atoms with van der Waals surface area (Å²) >= 11 is 0. The second kappa shape index (κ2) is 6.42. The topological polar surface area (TPSA) is 61.4 Å². The van der Waals surface area contributed by atoms with Gasteiger partial charge in [0.2, 0.25) is 11.8 Å². The summed E-state index contributed by atoms with van der Waals surface area (Å²) in [5.74, 6) is -0.515. The molecule has 2 amide bonds. The standard InChI is InChI=1S/C24H27N3O2/c1-14-11-15(2)21(16(3)12-14)26-22(28)19-13-17-7-6-10-27(17)24(19)18-8-4-5-9-20(18)25-23(24)29/h4-5,8-9,11-12,17,19H,6-7,10,13H2,1-3H3,(H,25,29)(H,26,28). The second-order valence-electron chi connectivity index (χ2n) is 8.81. The summed E-state index contributed by atoms with van der Waals surface area (Å²) in [6, 6.07) is 12.3. The molecular formula is C24H27N3O2. The lowest BCUT2D eigenvalue weighted by Gasteiger charge is -2.36. The third-order valence-corrected chi connectivity index (χ3v) is 7.02. The maximum Gasteiger partial charge on any atom is 0.250 e. The first-order valence-electron chi connectivity index (χ1n) is 10.5. The van der Waals surface area contributed by atoms with Crippen LogP contribution in [0.2, 0.25) is 0 Å². The molecular weight excluding hydrogens is 362 g/mol. The average Bonchev–Trinajstić information content (AvgIpc) is 3.32. The van der Waals surface area contributed by atoms with Crippen LogP contribution in [0.5, 0.6) is 0 Å². The zero-order chi connectivity index (χ0) is 20.3. The van der Waals surface area contributed by atoms with Crippen LogP contribution in [-0.4, -0.2) is 29.3 Å². The van der Waals surface area contributed by atoms with Gasteiger partial charge in [0.15, 0.2) is 0 Å². The number of benzene rings is 2. The van der Waals surface area contributed by atoms with Crippen LogP contribution in [-0.2, 0) is 15.1 Å². The Labute approximate surface area is 171 Å². The number of aryl methyl sites for hydroxylation is 3. The van der Waals surface area contributed by atoms with Gasteiger partial charge in [0.05, 0.1) is 5.92 Å². The molecule has 1 spiro atoms. The fourth-order valence-electron chi connectivity index (χ4n) is 5.97. The first-order chi connectivity index (χ1) is 13.9. The van der Waals surface area contributed by atoms with Gasteiger partial charge in [-0.25, -0.2) is 0 Å². The molecule has 2 saturated heterocycles. The average molecular weight is 389 g/mol. The Morgan fingerprint density at radius 3 is 2.66 bits per heavy atom. The lowest BCUT2D eigenvalue weighted by Crippen LogP contribution is -2.53. The van der Waals surface area contributed by atoms with E-state index in [0.717, 1.165) is 53.9 Å². The number of hydrogen-bond acceptors (Lipinski definition) is 3. The summed E-state index contributed by atoms with van der Waals surface area (Å²) in [7, 11) is 0. The SMILES string of the molecule is Cc1cc(C)c(NC(=O)C2CC3CCCN3C23C(=O)Nc2ccccc23)c(C)c1. The lowest BCUT2D eigenvalue weighted by molar-refractivity contribution is -0.135. The van der Waals surface area contributed by atoms with Crippen LogP contribution in [0.3, 0.4) is 0 Å². The Kier molecular flexibility index (Phi) is 4.07. The van der Waals surface area contributed by atoms with Crippen LogP contribution < -0.4 is 10.6 Å². The number of para-hydroxylation sites is 1. The number of nitrogens with zero attached hydrogens (tertiary/aromatic N) is 1. The predicted molar refractivity (Wildman–Crippen MR) is 114 cm³/mol. The number of nitrogens with one attached hydrogen (secondary N) is 2. The van der Waals surface area contributed by atoms with Gasteiger partial charge in [-0.1, -0.05) is 35.9 Å². The molecule has 2 fully saturated rings. The smallest absolute Gasteiger partial charge is 0.250 e. The van der Waals surface area contributed by atoms with Crippen molar-refractivity contribution in [2.45, 2.75) is 51.6 Å². The molecule has 2 N–H and O–H groups in total. The van der Waals surface area contributed by atoms with E-state index in [2.05, 4.69) is 34.6 Å². The van der Waals surface area contributed by atoms with Crippen molar-refractivity contribution in [1.82, 2.24) is 4.90 Å². The summed E-state index contributed by atoms with van der Waals surface area (Å²) in [5.41, 5.74) is 5.06. The van der Waals surface area contributed by atoms with Gasteiger partial charge in [-0.15, -0.1) is 0 Å². The lowest BCUT2D eigenvalue weighted by atomic mass is 9.78. The molecule has 3 heterocycles. The van der Waals surface area contributed by atoms with Crippen molar-refractivity contribution in [3.63, 3.8) is 0 Å². The highest BCUT2D eigenvalue weighted by atomic mass is 16.2. The van der Waals surface area contributed by atoms with Gasteiger partial charge in [-0.05, 0) is 63.8 Å². The second-order valence-corrected chi connectivity index (χ2v) is 8.81. The van der Waals surface area contributed by atoms with Gasteiger partial charge in [0.25, 0.3) is 0 Å². The number of hydrogen-bond donors (Lipinski definition) is 2. The van der Waals surface area contributed by atoms with Crippen molar-refractivity contribution < 1.29 is 9.59 Å². The van der Waals surface area contributed by atoms with Gasteiger partial charge >= 0.3 is 0 Å². The minimum absolute atomic E-state index is 0.0543. The fourth-order valence-corrected chi connectivity index (χ4v) is 5.97. The van der Waals surface area contributed by atoms with Crippen molar-refractivity contribution in [3.05, 3.63) is 58.7 Å².